The highest BCUT2D eigenvalue weighted by Gasteiger charge is 2.15. The molecule has 0 fully saturated rings. The summed E-state index contributed by atoms with van der Waals surface area (Å²) >= 11 is 0. The largest absolute Gasteiger partial charge is 0.310 e. The van der Waals surface area contributed by atoms with Crippen LogP contribution in [0.25, 0.3) is 0 Å². The van der Waals surface area contributed by atoms with Crippen molar-refractivity contribution in [1.82, 2.24) is 0 Å². The van der Waals surface area contributed by atoms with Gasteiger partial charge in [0.1, 0.15) is 0 Å². The van der Waals surface area contributed by atoms with E-state index >= 15 is 0 Å². The van der Waals surface area contributed by atoms with Crippen LogP contribution in [0.2, 0.25) is 0 Å². The zero-order valence-electron chi connectivity index (χ0n) is 19.6. The van der Waals surface area contributed by atoms with Crippen LogP contribution in [0.1, 0.15) is 11.1 Å². The number of para-hydroxylation sites is 2. The molecule has 0 saturated heterocycles. The minimum Gasteiger partial charge on any atom is -0.310 e. The Labute approximate surface area is 202 Å². The highest BCUT2D eigenvalue weighted by atomic mass is 15.2. The van der Waals surface area contributed by atoms with E-state index in [2.05, 4.69) is 157 Å². The molecule has 0 N–H and O–H groups in total. The second-order valence-corrected chi connectivity index (χ2v) is 8.54. The predicted molar refractivity (Wildman–Crippen MR) is 145 cm³/mol. The first-order valence-electron chi connectivity index (χ1n) is 11.6. The molecule has 0 aliphatic rings. The molecule has 0 atom stereocenters. The van der Waals surface area contributed by atoms with Crippen molar-refractivity contribution in [2.45, 2.75) is 13.8 Å². The number of rotatable bonds is 6. The Kier molecular flexibility index (Phi) is 6.13. The summed E-state index contributed by atoms with van der Waals surface area (Å²) in [4.78, 5) is 4.60. The van der Waals surface area contributed by atoms with Crippen molar-refractivity contribution in [3.05, 3.63) is 145 Å². The van der Waals surface area contributed by atoms with Crippen LogP contribution in [0.3, 0.4) is 0 Å². The Morgan fingerprint density at radius 2 is 0.647 bits per heavy atom. The van der Waals surface area contributed by atoms with Gasteiger partial charge in [-0.15, -0.1) is 0 Å². The number of hydrogen-bond acceptors (Lipinski definition) is 2. The van der Waals surface area contributed by atoms with Crippen LogP contribution in [-0.2, 0) is 0 Å². The summed E-state index contributed by atoms with van der Waals surface area (Å²) in [5.74, 6) is 0. The van der Waals surface area contributed by atoms with E-state index in [1.165, 1.54) is 11.1 Å². The van der Waals surface area contributed by atoms with Crippen LogP contribution in [-0.4, -0.2) is 0 Å². The molecule has 0 amide bonds. The third-order valence-corrected chi connectivity index (χ3v) is 5.91. The van der Waals surface area contributed by atoms with Crippen molar-refractivity contribution in [3.8, 4) is 0 Å². The van der Waals surface area contributed by atoms with Crippen LogP contribution in [0, 0.1) is 13.8 Å². The number of anilines is 6. The maximum Gasteiger partial charge on any atom is 0.0464 e. The van der Waals surface area contributed by atoms with E-state index < -0.39 is 0 Å². The highest BCUT2D eigenvalue weighted by molar-refractivity contribution is 5.81. The molecule has 2 heteroatoms. The molecular formula is C32H28N2. The Bertz CT molecular complexity index is 1250. The van der Waals surface area contributed by atoms with E-state index in [9.17, 15) is 0 Å². The van der Waals surface area contributed by atoms with Gasteiger partial charge in [-0.05, 0) is 97.8 Å². The minimum atomic E-state index is 1.12. The Morgan fingerprint density at radius 3 is 1.00 bits per heavy atom. The molecule has 0 bridgehead atoms. The quantitative estimate of drug-likeness (QED) is 0.259. The lowest BCUT2D eigenvalue weighted by atomic mass is 10.1. The van der Waals surface area contributed by atoms with Crippen molar-refractivity contribution in [2.75, 3.05) is 9.80 Å². The monoisotopic (exact) mass is 440 g/mol. The summed E-state index contributed by atoms with van der Waals surface area (Å²) in [6, 6.07) is 47.2. The minimum absolute atomic E-state index is 1.12. The van der Waals surface area contributed by atoms with Crippen LogP contribution in [0.4, 0.5) is 34.1 Å². The van der Waals surface area contributed by atoms with E-state index in [4.69, 9.17) is 0 Å². The number of aryl methyl sites for hydroxylation is 2. The fourth-order valence-electron chi connectivity index (χ4n) is 4.33. The zero-order valence-corrected chi connectivity index (χ0v) is 19.6. The predicted octanol–water partition coefficient (Wildman–Crippen LogP) is 9.24. The molecule has 5 aromatic rings. The van der Waals surface area contributed by atoms with Crippen molar-refractivity contribution >= 4 is 34.1 Å². The molecule has 0 saturated carbocycles. The number of benzene rings is 5. The average molecular weight is 441 g/mol. The molecule has 0 radical (unpaired) electrons. The first-order chi connectivity index (χ1) is 16.7. The number of hydrogen-bond donors (Lipinski definition) is 0. The molecule has 166 valence electrons. The lowest BCUT2D eigenvalue weighted by molar-refractivity contribution is 1.25. The number of nitrogens with zero attached hydrogens (tertiary/aromatic N) is 2. The topological polar surface area (TPSA) is 6.48 Å². The second-order valence-electron chi connectivity index (χ2n) is 8.54. The fraction of sp³-hybridized carbons (Fsp3) is 0.0625. The third-order valence-electron chi connectivity index (χ3n) is 5.91. The van der Waals surface area contributed by atoms with Crippen molar-refractivity contribution in [3.63, 3.8) is 0 Å². The Hall–Kier alpha value is -4.30. The van der Waals surface area contributed by atoms with Crippen molar-refractivity contribution in [2.24, 2.45) is 0 Å². The van der Waals surface area contributed by atoms with Crippen molar-refractivity contribution in [1.29, 1.82) is 0 Å². The molecule has 0 aliphatic carbocycles. The van der Waals surface area contributed by atoms with Gasteiger partial charge in [0, 0.05) is 34.1 Å². The van der Waals surface area contributed by atoms with Gasteiger partial charge in [0.25, 0.3) is 0 Å². The van der Waals surface area contributed by atoms with E-state index in [1.54, 1.807) is 0 Å². The molecule has 5 aromatic carbocycles. The lowest BCUT2D eigenvalue weighted by Crippen LogP contribution is -2.12. The first kappa shape index (κ1) is 21.5. The zero-order chi connectivity index (χ0) is 23.3. The van der Waals surface area contributed by atoms with E-state index in [1.807, 2.05) is 0 Å². The molecular weight excluding hydrogens is 412 g/mol. The lowest BCUT2D eigenvalue weighted by Gasteiger charge is -2.28. The molecule has 0 aliphatic heterocycles. The van der Waals surface area contributed by atoms with Gasteiger partial charge in [0.05, 0.1) is 0 Å². The van der Waals surface area contributed by atoms with Gasteiger partial charge in [-0.2, -0.15) is 0 Å². The standard InChI is InChI=1S/C32H28N2/c1-25-11-9-17-31(23-25)33(27-13-5-3-6-14-27)29-19-21-30(22-20-29)34(28-15-7-4-8-16-28)32-18-10-12-26(2)24-32/h3-24H,1-2H3. The summed E-state index contributed by atoms with van der Waals surface area (Å²) in [6.07, 6.45) is 0. The van der Waals surface area contributed by atoms with Gasteiger partial charge in [-0.25, -0.2) is 0 Å². The van der Waals surface area contributed by atoms with Gasteiger partial charge in [0.2, 0.25) is 0 Å². The van der Waals surface area contributed by atoms with Crippen LogP contribution < -0.4 is 9.80 Å². The SMILES string of the molecule is Cc1cccc(N(c2ccccc2)c2ccc(N(c3ccccc3)c3cccc(C)c3)cc2)c1. The summed E-state index contributed by atoms with van der Waals surface area (Å²) in [5.41, 5.74) is 9.30. The summed E-state index contributed by atoms with van der Waals surface area (Å²) in [7, 11) is 0. The van der Waals surface area contributed by atoms with Gasteiger partial charge >= 0.3 is 0 Å². The molecule has 0 aromatic heterocycles. The molecule has 0 spiro atoms. The average Bonchev–Trinajstić information content (AvgIpc) is 2.87. The highest BCUT2D eigenvalue weighted by Crippen LogP contribution is 2.39. The van der Waals surface area contributed by atoms with Crippen LogP contribution >= 0.6 is 0 Å². The van der Waals surface area contributed by atoms with Crippen LogP contribution in [0.5, 0.6) is 0 Å². The fourth-order valence-corrected chi connectivity index (χ4v) is 4.33. The summed E-state index contributed by atoms with van der Waals surface area (Å²) < 4.78 is 0. The maximum absolute atomic E-state index is 2.30. The molecule has 5 rings (SSSR count). The maximum atomic E-state index is 2.30. The summed E-state index contributed by atoms with van der Waals surface area (Å²) in [6.45, 7) is 4.27. The third kappa shape index (κ3) is 4.57. The first-order valence-corrected chi connectivity index (χ1v) is 11.6. The van der Waals surface area contributed by atoms with Gasteiger partial charge in [-0.3, -0.25) is 0 Å². The Morgan fingerprint density at radius 1 is 0.324 bits per heavy atom. The molecule has 0 unspecified atom stereocenters. The molecule has 0 heterocycles. The van der Waals surface area contributed by atoms with E-state index in [-0.39, 0.29) is 0 Å². The molecule has 34 heavy (non-hydrogen) atoms. The van der Waals surface area contributed by atoms with Gasteiger partial charge in [-0.1, -0.05) is 60.7 Å². The summed E-state index contributed by atoms with van der Waals surface area (Å²) in [5, 5.41) is 0. The normalized spacial score (nSPS) is 10.6. The second kappa shape index (κ2) is 9.68. The smallest absolute Gasteiger partial charge is 0.0464 e. The van der Waals surface area contributed by atoms with E-state index in [0.717, 1.165) is 34.1 Å². The van der Waals surface area contributed by atoms with Crippen LogP contribution in [0.15, 0.2) is 133 Å². The van der Waals surface area contributed by atoms with Gasteiger partial charge in [0.15, 0.2) is 0 Å². The van der Waals surface area contributed by atoms with E-state index in [0.29, 0.717) is 0 Å². The molecule has 2 nitrogen and oxygen atoms in total. The van der Waals surface area contributed by atoms with Crippen molar-refractivity contribution < 1.29 is 0 Å². The Balaban J connectivity index is 1.59. The van der Waals surface area contributed by atoms with Gasteiger partial charge < -0.3 is 9.80 Å².